The van der Waals surface area contributed by atoms with Gasteiger partial charge in [0.05, 0.1) is 0 Å². The predicted octanol–water partition coefficient (Wildman–Crippen LogP) is 2.27. The van der Waals surface area contributed by atoms with Gasteiger partial charge in [0.1, 0.15) is 5.75 Å². The summed E-state index contributed by atoms with van der Waals surface area (Å²) in [4.78, 5) is 11.5. The van der Waals surface area contributed by atoms with Crippen LogP contribution in [0.5, 0.6) is 5.75 Å². The molecule has 1 aromatic rings. The van der Waals surface area contributed by atoms with Gasteiger partial charge in [0.25, 0.3) is 5.91 Å². The average Bonchev–Trinajstić information content (AvgIpc) is 3.05. The second-order valence-corrected chi connectivity index (χ2v) is 4.84. The van der Waals surface area contributed by atoms with E-state index in [0.29, 0.717) is 6.04 Å². The standard InChI is InChI=1S/C14H19NO2/c1-9-6-10(2)11(3)13(7-9)17-8-14(16)15-12-4-5-12/h6-7,12H,4-5,8H2,1-3H3,(H,15,16). The van der Waals surface area contributed by atoms with Crippen LogP contribution in [0.4, 0.5) is 0 Å². The molecular formula is C14H19NO2. The zero-order valence-corrected chi connectivity index (χ0v) is 10.7. The summed E-state index contributed by atoms with van der Waals surface area (Å²) in [7, 11) is 0. The minimum Gasteiger partial charge on any atom is -0.483 e. The third-order valence-corrected chi connectivity index (χ3v) is 3.07. The number of carbonyl (C=O) groups excluding carboxylic acids is 1. The van der Waals surface area contributed by atoms with Crippen molar-refractivity contribution in [2.45, 2.75) is 39.7 Å². The zero-order chi connectivity index (χ0) is 12.4. The number of nitrogens with one attached hydrogen (secondary N) is 1. The second kappa shape index (κ2) is 4.78. The third-order valence-electron chi connectivity index (χ3n) is 3.07. The lowest BCUT2D eigenvalue weighted by Crippen LogP contribution is -2.30. The van der Waals surface area contributed by atoms with Gasteiger partial charge in [-0.3, -0.25) is 4.79 Å². The van der Waals surface area contributed by atoms with Gasteiger partial charge in [-0.05, 0) is 56.4 Å². The van der Waals surface area contributed by atoms with Crippen molar-refractivity contribution in [1.29, 1.82) is 0 Å². The molecule has 1 aliphatic rings. The van der Waals surface area contributed by atoms with E-state index in [0.717, 1.165) is 29.7 Å². The van der Waals surface area contributed by atoms with Crippen LogP contribution in [0.15, 0.2) is 12.1 Å². The Hall–Kier alpha value is -1.51. The Labute approximate surface area is 102 Å². The molecule has 0 radical (unpaired) electrons. The van der Waals surface area contributed by atoms with E-state index in [1.807, 2.05) is 19.9 Å². The third kappa shape index (κ3) is 3.22. The molecule has 3 heteroatoms. The maximum atomic E-state index is 11.5. The highest BCUT2D eigenvalue weighted by atomic mass is 16.5. The number of carbonyl (C=O) groups is 1. The van der Waals surface area contributed by atoms with Crippen molar-refractivity contribution >= 4 is 5.91 Å². The Kier molecular flexibility index (Phi) is 3.36. The summed E-state index contributed by atoms with van der Waals surface area (Å²) in [6.07, 6.45) is 2.21. The van der Waals surface area contributed by atoms with Gasteiger partial charge in [-0.25, -0.2) is 0 Å². The number of hydrogen-bond donors (Lipinski definition) is 1. The van der Waals surface area contributed by atoms with Crippen LogP contribution in [-0.2, 0) is 4.79 Å². The summed E-state index contributed by atoms with van der Waals surface area (Å²) in [6.45, 7) is 6.21. The van der Waals surface area contributed by atoms with Crippen LogP contribution < -0.4 is 10.1 Å². The van der Waals surface area contributed by atoms with Crippen LogP contribution in [-0.4, -0.2) is 18.6 Å². The smallest absolute Gasteiger partial charge is 0.258 e. The van der Waals surface area contributed by atoms with Crippen LogP contribution in [0.3, 0.4) is 0 Å². The second-order valence-electron chi connectivity index (χ2n) is 4.84. The van der Waals surface area contributed by atoms with Crippen LogP contribution in [0.1, 0.15) is 29.5 Å². The Morgan fingerprint density at radius 3 is 2.71 bits per heavy atom. The molecular weight excluding hydrogens is 214 g/mol. The van der Waals surface area contributed by atoms with E-state index >= 15 is 0 Å². The Morgan fingerprint density at radius 1 is 1.35 bits per heavy atom. The summed E-state index contributed by atoms with van der Waals surface area (Å²) in [5.74, 6) is 0.791. The van der Waals surface area contributed by atoms with Crippen molar-refractivity contribution in [3.05, 3.63) is 28.8 Å². The van der Waals surface area contributed by atoms with E-state index in [1.165, 1.54) is 5.56 Å². The molecule has 0 aromatic heterocycles. The van der Waals surface area contributed by atoms with Crippen molar-refractivity contribution in [3.63, 3.8) is 0 Å². The fourth-order valence-electron chi connectivity index (χ4n) is 1.79. The van der Waals surface area contributed by atoms with Gasteiger partial charge in [0.2, 0.25) is 0 Å². The summed E-state index contributed by atoms with van der Waals surface area (Å²) in [5.41, 5.74) is 3.46. The van der Waals surface area contributed by atoms with Gasteiger partial charge in [-0.15, -0.1) is 0 Å². The first-order valence-electron chi connectivity index (χ1n) is 6.06. The maximum absolute atomic E-state index is 11.5. The molecule has 1 aromatic carbocycles. The largest absolute Gasteiger partial charge is 0.483 e. The monoisotopic (exact) mass is 233 g/mol. The quantitative estimate of drug-likeness (QED) is 0.866. The van der Waals surface area contributed by atoms with Crippen molar-refractivity contribution < 1.29 is 9.53 Å². The highest BCUT2D eigenvalue weighted by Gasteiger charge is 2.23. The fourth-order valence-corrected chi connectivity index (χ4v) is 1.79. The van der Waals surface area contributed by atoms with Crippen molar-refractivity contribution in [2.24, 2.45) is 0 Å². The molecule has 3 nitrogen and oxygen atoms in total. The molecule has 1 saturated carbocycles. The van der Waals surface area contributed by atoms with Gasteiger partial charge in [0.15, 0.2) is 6.61 Å². The highest BCUT2D eigenvalue weighted by molar-refractivity contribution is 5.78. The summed E-state index contributed by atoms with van der Waals surface area (Å²) < 4.78 is 5.58. The molecule has 0 bridgehead atoms. The lowest BCUT2D eigenvalue weighted by Gasteiger charge is -2.12. The molecule has 92 valence electrons. The topological polar surface area (TPSA) is 38.3 Å². The molecule has 1 fully saturated rings. The number of aryl methyl sites for hydroxylation is 2. The molecule has 0 saturated heterocycles. The molecule has 1 amide bonds. The van der Waals surface area contributed by atoms with E-state index in [4.69, 9.17) is 4.74 Å². The minimum atomic E-state index is -0.0222. The van der Waals surface area contributed by atoms with Gasteiger partial charge >= 0.3 is 0 Å². The Bertz CT molecular complexity index is 436. The molecule has 0 aliphatic heterocycles. The van der Waals surface area contributed by atoms with Crippen LogP contribution in [0.2, 0.25) is 0 Å². The van der Waals surface area contributed by atoms with Crippen molar-refractivity contribution in [3.8, 4) is 5.75 Å². The van der Waals surface area contributed by atoms with E-state index in [9.17, 15) is 4.79 Å². The van der Waals surface area contributed by atoms with Gasteiger partial charge in [-0.2, -0.15) is 0 Å². The first-order chi connectivity index (χ1) is 8.06. The normalized spacial score (nSPS) is 14.5. The number of ether oxygens (including phenoxy) is 1. The van der Waals surface area contributed by atoms with E-state index in [2.05, 4.69) is 18.3 Å². The molecule has 1 aliphatic carbocycles. The molecule has 0 spiro atoms. The first kappa shape index (κ1) is 12.0. The molecule has 17 heavy (non-hydrogen) atoms. The van der Waals surface area contributed by atoms with Crippen LogP contribution >= 0.6 is 0 Å². The van der Waals surface area contributed by atoms with Crippen molar-refractivity contribution in [2.75, 3.05) is 6.61 Å². The average molecular weight is 233 g/mol. The lowest BCUT2D eigenvalue weighted by atomic mass is 10.1. The molecule has 0 unspecified atom stereocenters. The number of benzene rings is 1. The molecule has 2 rings (SSSR count). The number of rotatable bonds is 4. The van der Waals surface area contributed by atoms with Gasteiger partial charge in [-0.1, -0.05) is 6.07 Å². The highest BCUT2D eigenvalue weighted by Crippen LogP contribution is 2.23. The Balaban J connectivity index is 1.95. The predicted molar refractivity (Wildman–Crippen MR) is 67.3 cm³/mol. The molecule has 1 N–H and O–H groups in total. The summed E-state index contributed by atoms with van der Waals surface area (Å²) in [5, 5.41) is 2.91. The lowest BCUT2D eigenvalue weighted by molar-refractivity contribution is -0.123. The molecule has 0 atom stereocenters. The fraction of sp³-hybridized carbons (Fsp3) is 0.500. The minimum absolute atomic E-state index is 0.0222. The zero-order valence-electron chi connectivity index (χ0n) is 10.7. The van der Waals surface area contributed by atoms with Gasteiger partial charge < -0.3 is 10.1 Å². The SMILES string of the molecule is Cc1cc(C)c(C)c(OCC(=O)NC2CC2)c1. The van der Waals surface area contributed by atoms with E-state index in [1.54, 1.807) is 0 Å². The van der Waals surface area contributed by atoms with Crippen molar-refractivity contribution in [1.82, 2.24) is 5.32 Å². The number of hydrogen-bond acceptors (Lipinski definition) is 2. The van der Waals surface area contributed by atoms with Crippen LogP contribution in [0.25, 0.3) is 0 Å². The summed E-state index contributed by atoms with van der Waals surface area (Å²) >= 11 is 0. The van der Waals surface area contributed by atoms with Gasteiger partial charge in [0, 0.05) is 6.04 Å². The summed E-state index contributed by atoms with van der Waals surface area (Å²) in [6, 6.07) is 4.49. The van der Waals surface area contributed by atoms with E-state index < -0.39 is 0 Å². The first-order valence-corrected chi connectivity index (χ1v) is 6.06. The van der Waals surface area contributed by atoms with E-state index in [-0.39, 0.29) is 12.5 Å². The maximum Gasteiger partial charge on any atom is 0.258 e. The number of amides is 1. The van der Waals surface area contributed by atoms with Crippen LogP contribution in [0, 0.1) is 20.8 Å². The molecule has 0 heterocycles. The Morgan fingerprint density at radius 2 is 2.06 bits per heavy atom.